The van der Waals surface area contributed by atoms with Crippen molar-refractivity contribution in [3.63, 3.8) is 0 Å². The lowest BCUT2D eigenvalue weighted by molar-refractivity contribution is -0.0629. The van der Waals surface area contributed by atoms with Crippen LogP contribution >= 0.6 is 11.8 Å². The molecule has 6 atom stereocenters. The number of nitrogens with one attached hydrogen (secondary N) is 1. The van der Waals surface area contributed by atoms with Gasteiger partial charge in [-0.3, -0.25) is 0 Å². The zero-order valence-corrected chi connectivity index (χ0v) is 19.6. The number of aliphatic hydroxyl groups is 3. The average molecular weight is 531 g/mol. The van der Waals surface area contributed by atoms with E-state index in [1.54, 1.807) is 0 Å². The number of hydrogen-bond acceptors (Lipinski definition) is 10. The Morgan fingerprint density at radius 2 is 2.06 bits per heavy atom. The van der Waals surface area contributed by atoms with E-state index in [9.17, 15) is 24.1 Å². The predicted octanol–water partition coefficient (Wildman–Crippen LogP) is 2.01. The molecule has 0 aliphatic heterocycles. The molecular weight excluding hydrogens is 494 g/mol. The number of halogens is 2. The normalized spacial score (nSPS) is 32.5. The van der Waals surface area contributed by atoms with Gasteiger partial charge in [-0.25, -0.2) is 23.4 Å². The van der Waals surface area contributed by atoms with Crippen LogP contribution in [0.4, 0.5) is 14.6 Å². The second-order valence-electron chi connectivity index (χ2n) is 8.44. The summed E-state index contributed by atoms with van der Waals surface area (Å²) >= 11 is 0.378. The van der Waals surface area contributed by atoms with Crippen molar-refractivity contribution in [2.24, 2.45) is 0 Å². The van der Waals surface area contributed by atoms with E-state index in [1.165, 1.54) is 6.07 Å². The SMILES string of the molecule is [2H]C([2H])(C)C([2H])([2H])Sc1nc(N[C@@H]2C[C@H]2c2ccc(F)c(F)c2)c2nnn([C@@H]3C[C@H](OC([2H])([2H])C([2H])([2H])O)[C@@H](O)[C@H]3O)c2n1. The average Bonchev–Trinajstić information content (AvgIpc) is 3.44. The zero-order valence-electron chi connectivity index (χ0n) is 26.8. The van der Waals surface area contributed by atoms with Crippen LogP contribution in [0.1, 0.15) is 54.6 Å². The summed E-state index contributed by atoms with van der Waals surface area (Å²) in [5.41, 5.74) is -2.01. The molecule has 2 saturated carbocycles. The molecule has 5 rings (SSSR count). The highest BCUT2D eigenvalue weighted by atomic mass is 32.2. The van der Waals surface area contributed by atoms with Gasteiger partial charge in [0.15, 0.2) is 33.8 Å². The second-order valence-corrected chi connectivity index (χ2v) is 9.21. The van der Waals surface area contributed by atoms with Crippen LogP contribution in [0.25, 0.3) is 11.2 Å². The van der Waals surface area contributed by atoms with Gasteiger partial charge in [-0.1, -0.05) is 30.0 Å². The fourth-order valence-corrected chi connectivity index (χ4v) is 4.81. The van der Waals surface area contributed by atoms with Crippen LogP contribution in [0.3, 0.4) is 0 Å². The molecule has 2 aliphatic rings. The van der Waals surface area contributed by atoms with E-state index in [4.69, 9.17) is 15.7 Å². The van der Waals surface area contributed by atoms with Crippen molar-refractivity contribution in [2.75, 3.05) is 24.1 Å². The quantitative estimate of drug-likeness (QED) is 0.227. The summed E-state index contributed by atoms with van der Waals surface area (Å²) in [6.45, 7) is -5.64. The van der Waals surface area contributed by atoms with Gasteiger partial charge in [0.05, 0.1) is 30.7 Å². The zero-order chi connectivity index (χ0) is 32.6. The summed E-state index contributed by atoms with van der Waals surface area (Å²) < 4.78 is 95.4. The molecule has 0 spiro atoms. The summed E-state index contributed by atoms with van der Waals surface area (Å²) in [4.78, 5) is 8.64. The summed E-state index contributed by atoms with van der Waals surface area (Å²) in [5, 5.41) is 41.9. The number of ether oxygens (including phenoxy) is 1. The lowest BCUT2D eigenvalue weighted by Crippen LogP contribution is -2.33. The molecule has 2 heterocycles. The van der Waals surface area contributed by atoms with Gasteiger partial charge >= 0.3 is 0 Å². The van der Waals surface area contributed by atoms with Gasteiger partial charge in [0.25, 0.3) is 0 Å². The molecule has 2 aliphatic carbocycles. The number of rotatable bonds is 10. The molecule has 36 heavy (non-hydrogen) atoms. The number of hydrogen-bond donors (Lipinski definition) is 4. The van der Waals surface area contributed by atoms with Gasteiger partial charge < -0.3 is 25.4 Å². The Hall–Kier alpha value is -2.45. The Morgan fingerprint density at radius 3 is 2.81 bits per heavy atom. The van der Waals surface area contributed by atoms with E-state index < -0.39 is 61.2 Å². The fourth-order valence-electron chi connectivity index (χ4n) is 4.35. The first-order chi connectivity index (χ1) is 20.2. The summed E-state index contributed by atoms with van der Waals surface area (Å²) in [6.07, 6.45) is -7.05. The topological polar surface area (TPSA) is 138 Å². The van der Waals surface area contributed by atoms with E-state index in [0.717, 1.165) is 23.7 Å². The third-order valence-electron chi connectivity index (χ3n) is 6.20. The molecule has 0 amide bonds. The molecule has 1 aromatic carbocycles. The smallest absolute Gasteiger partial charge is 0.191 e. The lowest BCUT2D eigenvalue weighted by Gasteiger charge is -2.17. The first-order valence-corrected chi connectivity index (χ1v) is 11.8. The molecule has 0 bridgehead atoms. The first-order valence-electron chi connectivity index (χ1n) is 15.0. The minimum Gasteiger partial charge on any atom is -0.394 e. The minimum absolute atomic E-state index is 0.0402. The Bertz CT molecular complexity index is 1560. The van der Waals surface area contributed by atoms with Crippen LogP contribution in [-0.2, 0) is 4.74 Å². The Balaban J connectivity index is 1.49. The highest BCUT2D eigenvalue weighted by Gasteiger charge is 2.45. The third-order valence-corrected chi connectivity index (χ3v) is 6.87. The Kier molecular flexibility index (Phi) is 5.00. The second kappa shape index (κ2) is 10.5. The van der Waals surface area contributed by atoms with Crippen LogP contribution in [0.2, 0.25) is 0 Å². The van der Waals surface area contributed by atoms with Gasteiger partial charge in [0, 0.05) is 29.6 Å². The van der Waals surface area contributed by atoms with E-state index in [1.807, 2.05) is 0 Å². The summed E-state index contributed by atoms with van der Waals surface area (Å²) in [6, 6.07) is 2.06. The van der Waals surface area contributed by atoms with Crippen molar-refractivity contribution in [2.45, 2.75) is 67.6 Å². The molecule has 10 nitrogen and oxygen atoms in total. The van der Waals surface area contributed by atoms with Gasteiger partial charge in [-0.15, -0.1) is 5.10 Å². The van der Waals surface area contributed by atoms with Crippen molar-refractivity contribution >= 4 is 28.7 Å². The lowest BCUT2D eigenvalue weighted by atomic mass is 10.1. The highest BCUT2D eigenvalue weighted by Crippen LogP contribution is 2.44. The maximum Gasteiger partial charge on any atom is 0.191 e. The van der Waals surface area contributed by atoms with Crippen LogP contribution in [0, 0.1) is 11.6 Å². The maximum absolute atomic E-state index is 13.8. The van der Waals surface area contributed by atoms with Gasteiger partial charge in [-0.05, 0) is 30.5 Å². The number of aliphatic hydroxyl groups excluding tert-OH is 2. The van der Waals surface area contributed by atoms with Gasteiger partial charge in [-0.2, -0.15) is 0 Å². The van der Waals surface area contributed by atoms with E-state index in [-0.39, 0.29) is 40.5 Å². The van der Waals surface area contributed by atoms with Crippen molar-refractivity contribution in [3.8, 4) is 0 Å². The molecule has 2 aromatic heterocycles. The molecule has 194 valence electrons. The highest BCUT2D eigenvalue weighted by molar-refractivity contribution is 7.99. The van der Waals surface area contributed by atoms with Gasteiger partial charge in [0.1, 0.15) is 12.2 Å². The largest absolute Gasteiger partial charge is 0.394 e. The van der Waals surface area contributed by atoms with E-state index in [2.05, 4.69) is 25.6 Å². The molecule has 0 radical (unpaired) electrons. The number of fused-ring (bicyclic) bond motifs is 1. The van der Waals surface area contributed by atoms with Crippen LogP contribution in [-0.4, -0.2) is 83.5 Å². The fraction of sp³-hybridized carbons (Fsp3) is 0.565. The van der Waals surface area contributed by atoms with Gasteiger partial charge in [0.2, 0.25) is 0 Å². The van der Waals surface area contributed by atoms with Crippen LogP contribution < -0.4 is 5.32 Å². The summed E-state index contributed by atoms with van der Waals surface area (Å²) in [7, 11) is 0. The Morgan fingerprint density at radius 1 is 1.22 bits per heavy atom. The number of aromatic nitrogens is 5. The van der Waals surface area contributed by atoms with Crippen molar-refractivity contribution < 1.29 is 39.8 Å². The standard InChI is InChI=1S/C23H28F2N6O4S/c1-2-7-36-23-27-21(26-15-9-12(15)11-3-4-13(24)14(25)8-11)18-22(28-23)31(30-29-18)16-10-17(35-6-5-32)20(34)19(16)33/h3-4,8,12,15-17,19-20,32-34H,2,5-7,9-10H2,1H3,(H,26,27,28)/t12-,15+,16+,17-,19-,20+/m0/s1/i2D2,5D2,6D2,7D2. The van der Waals surface area contributed by atoms with E-state index >= 15 is 0 Å². The molecule has 4 N–H and O–H groups in total. The maximum atomic E-state index is 13.8. The number of anilines is 1. The molecule has 3 aromatic rings. The van der Waals surface area contributed by atoms with Crippen molar-refractivity contribution in [1.82, 2.24) is 25.0 Å². The summed E-state index contributed by atoms with van der Waals surface area (Å²) in [5.74, 6) is -2.17. The Labute approximate surface area is 221 Å². The number of benzene rings is 1. The monoisotopic (exact) mass is 530 g/mol. The number of thioether (sulfide) groups is 1. The van der Waals surface area contributed by atoms with E-state index in [0.29, 0.717) is 23.7 Å². The minimum atomic E-state index is -3.43. The van der Waals surface area contributed by atoms with Crippen molar-refractivity contribution in [1.29, 1.82) is 0 Å². The molecular formula is C23H28F2N6O4S. The molecule has 0 saturated heterocycles. The molecule has 13 heteroatoms. The first kappa shape index (κ1) is 17.1. The molecule has 0 unspecified atom stereocenters. The van der Waals surface area contributed by atoms with Crippen LogP contribution in [0.15, 0.2) is 23.4 Å². The van der Waals surface area contributed by atoms with Crippen molar-refractivity contribution in [3.05, 3.63) is 35.4 Å². The number of nitrogens with zero attached hydrogens (tertiary/aromatic N) is 5. The third kappa shape index (κ3) is 4.90. The predicted molar refractivity (Wildman–Crippen MR) is 128 cm³/mol. The van der Waals surface area contributed by atoms with Crippen LogP contribution in [0.5, 0.6) is 0 Å². The molecule has 2 fully saturated rings.